The zero-order valence-corrected chi connectivity index (χ0v) is 25.8. The predicted molar refractivity (Wildman–Crippen MR) is 165 cm³/mol. The molecule has 2 aliphatic heterocycles. The normalized spacial score (nSPS) is 18.1. The SMILES string of the molecule is C[C@H](CC(=O)N1CCOC1=O)[C@@H](N=C(c1ccccc1)c1ccccc1[N-]C(=O)[C@@H]1CCCN1Cc1ccccc1)C(=O)O.[Ni]. The molecule has 0 radical (unpaired) electrons. The van der Waals surface area contributed by atoms with Crippen LogP contribution in [0.1, 0.15) is 42.9 Å². The van der Waals surface area contributed by atoms with E-state index in [1.54, 1.807) is 31.2 Å². The summed E-state index contributed by atoms with van der Waals surface area (Å²) in [4.78, 5) is 58.6. The Bertz CT molecular complexity index is 1530. The van der Waals surface area contributed by atoms with Crippen molar-refractivity contribution < 1.29 is 45.5 Å². The number of para-hydroxylation sites is 1. The molecule has 3 amide bonds. The smallest absolute Gasteiger partial charge is 0.416 e. The van der Waals surface area contributed by atoms with Gasteiger partial charge in [0.05, 0.1) is 24.2 Å². The second-order valence-electron chi connectivity index (χ2n) is 11.0. The van der Waals surface area contributed by atoms with E-state index in [9.17, 15) is 24.3 Å². The third-order valence-electron chi connectivity index (χ3n) is 7.93. The van der Waals surface area contributed by atoms with Crippen molar-refractivity contribution in [1.29, 1.82) is 0 Å². The van der Waals surface area contributed by atoms with Crippen molar-refractivity contribution in [1.82, 2.24) is 9.80 Å². The van der Waals surface area contributed by atoms with Gasteiger partial charge in [0.15, 0.2) is 6.04 Å². The number of aliphatic imine (C=N–C) groups is 1. The van der Waals surface area contributed by atoms with Crippen LogP contribution in [0.15, 0.2) is 89.9 Å². The van der Waals surface area contributed by atoms with Gasteiger partial charge in [-0.15, -0.1) is 5.69 Å². The van der Waals surface area contributed by atoms with Crippen LogP contribution in [0.25, 0.3) is 5.32 Å². The Hall–Kier alpha value is -4.34. The number of carbonyl (C=O) groups excluding carboxylic acids is 3. The first-order chi connectivity index (χ1) is 21.3. The summed E-state index contributed by atoms with van der Waals surface area (Å²) in [6.07, 6.45) is 0.658. The summed E-state index contributed by atoms with van der Waals surface area (Å²) >= 11 is 0. The summed E-state index contributed by atoms with van der Waals surface area (Å²) in [5.74, 6) is -2.73. The van der Waals surface area contributed by atoms with E-state index in [4.69, 9.17) is 9.73 Å². The van der Waals surface area contributed by atoms with Crippen LogP contribution in [0.3, 0.4) is 0 Å². The Kier molecular flexibility index (Phi) is 11.6. The van der Waals surface area contributed by atoms with Gasteiger partial charge in [-0.25, -0.2) is 14.5 Å². The van der Waals surface area contributed by atoms with Gasteiger partial charge < -0.3 is 20.0 Å². The summed E-state index contributed by atoms with van der Waals surface area (Å²) in [5.41, 5.74) is 3.01. The largest absolute Gasteiger partial charge is 0.625 e. The van der Waals surface area contributed by atoms with E-state index in [-0.39, 0.29) is 48.0 Å². The molecule has 3 aromatic rings. The maximum absolute atomic E-state index is 13.6. The van der Waals surface area contributed by atoms with Crippen molar-refractivity contribution in [3.63, 3.8) is 0 Å². The van der Waals surface area contributed by atoms with Crippen molar-refractivity contribution in [2.75, 3.05) is 19.7 Å². The molecule has 0 bridgehead atoms. The molecule has 0 aromatic heterocycles. The van der Waals surface area contributed by atoms with Gasteiger partial charge in [0.1, 0.15) is 6.61 Å². The quantitative estimate of drug-likeness (QED) is 0.223. The zero-order chi connectivity index (χ0) is 31.1. The van der Waals surface area contributed by atoms with Gasteiger partial charge >= 0.3 is 12.1 Å². The Balaban J connectivity index is 0.00000461. The molecule has 3 aromatic carbocycles. The number of carboxylic acid groups (broad SMARTS) is 1. The Morgan fingerprint density at radius 2 is 1.64 bits per heavy atom. The third-order valence-corrected chi connectivity index (χ3v) is 7.93. The molecular weight excluding hydrogens is 619 g/mol. The van der Waals surface area contributed by atoms with E-state index in [0.29, 0.717) is 35.5 Å². The van der Waals surface area contributed by atoms with Crippen molar-refractivity contribution in [2.45, 2.75) is 44.8 Å². The molecule has 2 aliphatic rings. The van der Waals surface area contributed by atoms with Gasteiger partial charge in [-0.2, -0.15) is 0 Å². The molecule has 45 heavy (non-hydrogen) atoms. The van der Waals surface area contributed by atoms with Crippen LogP contribution in [0.4, 0.5) is 10.5 Å². The number of aliphatic carboxylic acids is 1. The minimum absolute atomic E-state index is 0. The van der Waals surface area contributed by atoms with Gasteiger partial charge in [-0.05, 0) is 36.4 Å². The van der Waals surface area contributed by atoms with Crippen LogP contribution in [-0.2, 0) is 42.2 Å². The molecule has 5 rings (SSSR count). The number of rotatable bonds is 11. The van der Waals surface area contributed by atoms with E-state index in [2.05, 4.69) is 10.2 Å². The second kappa shape index (κ2) is 15.6. The zero-order valence-electron chi connectivity index (χ0n) is 24.9. The van der Waals surface area contributed by atoms with Crippen LogP contribution in [0.2, 0.25) is 0 Å². The van der Waals surface area contributed by atoms with Crippen LogP contribution < -0.4 is 0 Å². The molecule has 10 nitrogen and oxygen atoms in total. The molecular formula is C34H35N4NiO6-. The summed E-state index contributed by atoms with van der Waals surface area (Å²) in [7, 11) is 0. The summed E-state index contributed by atoms with van der Waals surface area (Å²) in [6, 6.07) is 24.5. The Morgan fingerprint density at radius 3 is 2.31 bits per heavy atom. The van der Waals surface area contributed by atoms with Crippen molar-refractivity contribution in [3.8, 4) is 0 Å². The van der Waals surface area contributed by atoms with Crippen molar-refractivity contribution >= 4 is 35.3 Å². The van der Waals surface area contributed by atoms with E-state index >= 15 is 0 Å². The van der Waals surface area contributed by atoms with Gasteiger partial charge in [0.25, 0.3) is 0 Å². The van der Waals surface area contributed by atoms with Crippen molar-refractivity contribution in [2.24, 2.45) is 10.9 Å². The molecule has 3 atom stereocenters. The molecule has 2 saturated heterocycles. The number of amides is 3. The minimum Gasteiger partial charge on any atom is -0.625 e. The number of benzene rings is 3. The van der Waals surface area contributed by atoms with E-state index in [0.717, 1.165) is 23.4 Å². The molecule has 0 saturated carbocycles. The summed E-state index contributed by atoms with van der Waals surface area (Å²) < 4.78 is 4.86. The average molecular weight is 654 g/mol. The van der Waals surface area contributed by atoms with Gasteiger partial charge in [-0.3, -0.25) is 14.7 Å². The standard InChI is InChI=1S/C34H36N4O6.Ni/c1-23(21-29(39)38-19-20-44-34(38)43)30(33(41)42)36-31(25-13-6-3-7-14-25)26-15-8-9-16-27(26)35-32(40)28-17-10-18-37(28)22-24-11-4-2-5-12-24;/h2-9,11-16,23,28,30H,10,17-22H2,1H3,(H2,35,36,40,41,42);/p-1/t23-,28+,30-;/m1./s1. The van der Waals surface area contributed by atoms with E-state index in [1.807, 2.05) is 60.7 Å². The number of imide groups is 1. The number of hydrogen-bond acceptors (Lipinski definition) is 7. The van der Waals surface area contributed by atoms with Gasteiger partial charge in [0.2, 0.25) is 5.91 Å². The Labute approximate surface area is 272 Å². The molecule has 1 N–H and O–H groups in total. The molecule has 2 fully saturated rings. The number of nitrogens with zero attached hydrogens (tertiary/aromatic N) is 4. The fourth-order valence-corrected chi connectivity index (χ4v) is 5.66. The first-order valence-electron chi connectivity index (χ1n) is 14.8. The first-order valence-corrected chi connectivity index (χ1v) is 14.8. The minimum atomic E-state index is -1.31. The van der Waals surface area contributed by atoms with E-state index < -0.39 is 29.9 Å². The molecule has 238 valence electrons. The number of carbonyl (C=O) groups is 4. The number of carboxylic acids is 1. The van der Waals surface area contributed by atoms with Crippen LogP contribution >= 0.6 is 0 Å². The van der Waals surface area contributed by atoms with Gasteiger partial charge in [-0.1, -0.05) is 91.9 Å². The van der Waals surface area contributed by atoms with Crippen molar-refractivity contribution in [3.05, 3.63) is 107 Å². The topological polar surface area (TPSA) is 131 Å². The Morgan fingerprint density at radius 1 is 0.978 bits per heavy atom. The second-order valence-corrected chi connectivity index (χ2v) is 11.0. The molecule has 11 heteroatoms. The van der Waals surface area contributed by atoms with E-state index in [1.165, 1.54) is 0 Å². The fraction of sp³-hybridized carbons (Fsp3) is 0.324. The number of likely N-dealkylation sites (tertiary alicyclic amines) is 1. The molecule has 0 spiro atoms. The number of hydrogen-bond donors (Lipinski definition) is 1. The fourth-order valence-electron chi connectivity index (χ4n) is 5.66. The van der Waals surface area contributed by atoms with Gasteiger partial charge in [0, 0.05) is 35.0 Å². The van der Waals surface area contributed by atoms with Crippen LogP contribution in [-0.4, -0.2) is 76.3 Å². The molecule has 0 unspecified atom stereocenters. The third kappa shape index (κ3) is 8.23. The summed E-state index contributed by atoms with van der Waals surface area (Å²) in [6.45, 7) is 3.31. The van der Waals surface area contributed by atoms with Crippen LogP contribution in [0, 0.1) is 5.92 Å². The van der Waals surface area contributed by atoms with Crippen LogP contribution in [0.5, 0.6) is 0 Å². The first kappa shape index (κ1) is 33.6. The number of ether oxygens (including phenoxy) is 1. The molecule has 0 aliphatic carbocycles. The predicted octanol–water partition coefficient (Wildman–Crippen LogP) is 5.18. The average Bonchev–Trinajstić information content (AvgIpc) is 3.67. The maximum Gasteiger partial charge on any atom is 0.416 e. The monoisotopic (exact) mass is 653 g/mol. The summed E-state index contributed by atoms with van der Waals surface area (Å²) in [5, 5.41) is 14.8. The molecule has 2 heterocycles. The number of cyclic esters (lactones) is 1. The maximum atomic E-state index is 13.6.